The highest BCUT2D eigenvalue weighted by molar-refractivity contribution is 5.15. The van der Waals surface area contributed by atoms with Gasteiger partial charge in [-0.2, -0.15) is 0 Å². The number of benzene rings is 1. The Bertz CT molecular complexity index is 514. The molecule has 0 radical (unpaired) electrons. The Morgan fingerprint density at radius 3 is 2.43 bits per heavy atom. The number of rotatable bonds is 9. The lowest BCUT2D eigenvalue weighted by molar-refractivity contribution is -0.702. The number of nitrogens with zero attached hydrogens (tertiary/aromatic N) is 2. The highest BCUT2D eigenvalue weighted by Crippen LogP contribution is 2.06. The van der Waals surface area contributed by atoms with Crippen molar-refractivity contribution >= 4 is 0 Å². The fourth-order valence-corrected chi connectivity index (χ4v) is 2.79. The lowest BCUT2D eigenvalue weighted by atomic mass is 10.1. The van der Waals surface area contributed by atoms with Crippen LogP contribution in [0.15, 0.2) is 42.7 Å². The normalized spacial score (nSPS) is 11.0. The van der Waals surface area contributed by atoms with Crippen LogP contribution in [0.2, 0.25) is 0 Å². The summed E-state index contributed by atoms with van der Waals surface area (Å²) in [5.41, 5.74) is 1.36. The number of aryl methyl sites for hydroxylation is 1. The Balaban J connectivity index is 1.80. The molecule has 0 fully saturated rings. The van der Waals surface area contributed by atoms with Gasteiger partial charge >= 0.3 is 0 Å². The molecule has 0 amide bonds. The number of hydrogen-bond donors (Lipinski definition) is 0. The maximum atomic E-state index is 2.39. The second kappa shape index (κ2) is 8.66. The van der Waals surface area contributed by atoms with E-state index >= 15 is 0 Å². The van der Waals surface area contributed by atoms with Crippen molar-refractivity contribution in [1.29, 1.82) is 0 Å². The van der Waals surface area contributed by atoms with E-state index in [9.17, 15) is 0 Å². The molecule has 1 aromatic heterocycles. The summed E-state index contributed by atoms with van der Waals surface area (Å²) in [6, 6.07) is 10.7. The molecular weight excluding hydrogens is 256 g/mol. The van der Waals surface area contributed by atoms with Gasteiger partial charge in [0.05, 0.1) is 6.54 Å². The quantitative estimate of drug-likeness (QED) is 0.474. The first kappa shape index (κ1) is 15.8. The predicted molar refractivity (Wildman–Crippen MR) is 88.3 cm³/mol. The van der Waals surface area contributed by atoms with E-state index in [0.717, 1.165) is 13.1 Å². The molecule has 2 aromatic rings. The van der Waals surface area contributed by atoms with Crippen molar-refractivity contribution in [3.8, 4) is 0 Å². The maximum Gasteiger partial charge on any atom is 0.253 e. The smallest absolute Gasteiger partial charge is 0.234 e. The van der Waals surface area contributed by atoms with Crippen molar-refractivity contribution in [3.63, 3.8) is 0 Å². The predicted octanol–water partition coefficient (Wildman–Crippen LogP) is 4.49. The molecule has 1 aromatic carbocycles. The maximum absolute atomic E-state index is 2.39. The second-order valence-corrected chi connectivity index (χ2v) is 5.92. The summed E-state index contributed by atoms with van der Waals surface area (Å²) < 4.78 is 4.73. The van der Waals surface area contributed by atoms with E-state index in [-0.39, 0.29) is 0 Å². The van der Waals surface area contributed by atoms with Crippen molar-refractivity contribution in [2.24, 2.45) is 0 Å². The molecule has 0 aliphatic heterocycles. The van der Waals surface area contributed by atoms with E-state index in [1.807, 2.05) is 0 Å². The van der Waals surface area contributed by atoms with E-state index in [2.05, 4.69) is 65.7 Å². The van der Waals surface area contributed by atoms with Crippen LogP contribution in [0.25, 0.3) is 0 Å². The zero-order valence-electron chi connectivity index (χ0n) is 13.6. The fourth-order valence-electron chi connectivity index (χ4n) is 2.79. The molecule has 0 spiro atoms. The number of imidazole rings is 1. The number of aromatic nitrogens is 2. The Morgan fingerprint density at radius 1 is 0.952 bits per heavy atom. The third kappa shape index (κ3) is 5.04. The minimum absolute atomic E-state index is 0.968. The van der Waals surface area contributed by atoms with Crippen LogP contribution in [0.4, 0.5) is 0 Å². The summed E-state index contributed by atoms with van der Waals surface area (Å²) >= 11 is 0. The molecule has 0 saturated carbocycles. The van der Waals surface area contributed by atoms with Crippen molar-refractivity contribution < 1.29 is 4.57 Å². The van der Waals surface area contributed by atoms with Gasteiger partial charge in [0.1, 0.15) is 18.9 Å². The second-order valence-electron chi connectivity index (χ2n) is 5.92. The van der Waals surface area contributed by atoms with Gasteiger partial charge in [-0.05, 0) is 18.4 Å². The summed E-state index contributed by atoms with van der Waals surface area (Å²) in [6.45, 7) is 6.62. The zero-order chi connectivity index (χ0) is 14.9. The topological polar surface area (TPSA) is 8.81 Å². The van der Waals surface area contributed by atoms with E-state index in [1.165, 1.54) is 49.9 Å². The first-order valence-corrected chi connectivity index (χ1v) is 8.40. The largest absolute Gasteiger partial charge is 0.253 e. The summed E-state index contributed by atoms with van der Waals surface area (Å²) in [4.78, 5) is 0. The standard InChI is InChI=1S/C19H29N2/c1-3-4-5-6-7-11-14-20-15-16-21(18(20)2)17-19-12-9-8-10-13-19/h8-10,12-13,15-16H,3-7,11,14,17H2,1-2H3/q+1. The van der Waals surface area contributed by atoms with Crippen LogP contribution >= 0.6 is 0 Å². The molecular formula is C19H29N2+. The van der Waals surface area contributed by atoms with Gasteiger partial charge in [-0.25, -0.2) is 9.13 Å². The van der Waals surface area contributed by atoms with Gasteiger partial charge in [0.25, 0.3) is 5.82 Å². The van der Waals surface area contributed by atoms with Gasteiger partial charge in [-0.15, -0.1) is 0 Å². The first-order chi connectivity index (χ1) is 10.3. The molecule has 2 rings (SSSR count). The van der Waals surface area contributed by atoms with Gasteiger partial charge in [-0.1, -0.05) is 62.9 Å². The average Bonchev–Trinajstić information content (AvgIpc) is 2.85. The highest BCUT2D eigenvalue weighted by atomic mass is 15.1. The number of unbranched alkanes of at least 4 members (excludes halogenated alkanes) is 5. The summed E-state index contributed by atoms with van der Waals surface area (Å²) in [7, 11) is 0. The monoisotopic (exact) mass is 285 g/mol. The van der Waals surface area contributed by atoms with Crippen LogP contribution in [0.5, 0.6) is 0 Å². The minimum Gasteiger partial charge on any atom is -0.234 e. The van der Waals surface area contributed by atoms with Gasteiger partial charge in [-0.3, -0.25) is 0 Å². The van der Waals surface area contributed by atoms with Crippen LogP contribution in [0.3, 0.4) is 0 Å². The van der Waals surface area contributed by atoms with Crippen LogP contribution < -0.4 is 4.57 Å². The summed E-state index contributed by atoms with van der Waals surface area (Å²) in [5, 5.41) is 0. The Labute approximate surface area is 129 Å². The number of hydrogen-bond acceptors (Lipinski definition) is 0. The lowest BCUT2D eigenvalue weighted by Gasteiger charge is -2.02. The van der Waals surface area contributed by atoms with Crippen molar-refractivity contribution in [3.05, 3.63) is 54.1 Å². The minimum atomic E-state index is 0.968. The van der Waals surface area contributed by atoms with Gasteiger partial charge in [0, 0.05) is 6.92 Å². The van der Waals surface area contributed by atoms with Gasteiger partial charge in [0.2, 0.25) is 0 Å². The molecule has 0 N–H and O–H groups in total. The van der Waals surface area contributed by atoms with Crippen LogP contribution in [-0.2, 0) is 13.1 Å². The average molecular weight is 285 g/mol. The third-order valence-corrected chi connectivity index (χ3v) is 4.21. The van der Waals surface area contributed by atoms with Crippen LogP contribution in [0, 0.1) is 6.92 Å². The summed E-state index contributed by atoms with van der Waals surface area (Å²) in [5.74, 6) is 1.35. The van der Waals surface area contributed by atoms with Crippen molar-refractivity contribution in [2.75, 3.05) is 0 Å². The Hall–Kier alpha value is -1.57. The molecule has 0 aliphatic carbocycles. The molecule has 2 heteroatoms. The lowest BCUT2D eigenvalue weighted by Crippen LogP contribution is -2.35. The molecule has 2 nitrogen and oxygen atoms in total. The van der Waals surface area contributed by atoms with Crippen molar-refractivity contribution in [1.82, 2.24) is 4.57 Å². The van der Waals surface area contributed by atoms with Crippen LogP contribution in [-0.4, -0.2) is 4.57 Å². The van der Waals surface area contributed by atoms with E-state index < -0.39 is 0 Å². The third-order valence-electron chi connectivity index (χ3n) is 4.21. The molecule has 1 heterocycles. The van der Waals surface area contributed by atoms with Gasteiger partial charge < -0.3 is 0 Å². The van der Waals surface area contributed by atoms with Crippen LogP contribution in [0.1, 0.15) is 56.8 Å². The Morgan fingerprint density at radius 2 is 1.67 bits per heavy atom. The SMILES string of the molecule is CCCCCCCC[n+]1ccn(Cc2ccccc2)c1C. The summed E-state index contributed by atoms with van der Waals surface area (Å²) in [6.07, 6.45) is 12.6. The fraction of sp³-hybridized carbons (Fsp3) is 0.526. The van der Waals surface area contributed by atoms with E-state index in [4.69, 9.17) is 0 Å². The zero-order valence-corrected chi connectivity index (χ0v) is 13.6. The molecule has 0 saturated heterocycles. The Kier molecular flexibility index (Phi) is 6.52. The van der Waals surface area contributed by atoms with E-state index in [0.29, 0.717) is 0 Å². The molecule has 0 bridgehead atoms. The molecule has 0 atom stereocenters. The molecule has 21 heavy (non-hydrogen) atoms. The van der Waals surface area contributed by atoms with Gasteiger partial charge in [0.15, 0.2) is 0 Å². The molecule has 0 unspecified atom stereocenters. The van der Waals surface area contributed by atoms with E-state index in [1.54, 1.807) is 0 Å². The molecule has 114 valence electrons. The highest BCUT2D eigenvalue weighted by Gasteiger charge is 2.11. The first-order valence-electron chi connectivity index (χ1n) is 8.40. The molecule has 0 aliphatic rings. The van der Waals surface area contributed by atoms with Crippen molar-refractivity contribution in [2.45, 2.75) is 65.5 Å².